The summed E-state index contributed by atoms with van der Waals surface area (Å²) < 4.78 is 1.60. The number of nitrogens with one attached hydrogen (secondary N) is 1. The average molecular weight is 251 g/mol. The Hall–Kier alpha value is -1.92. The summed E-state index contributed by atoms with van der Waals surface area (Å²) in [6.07, 6.45) is 2.03. The second-order valence-electron chi connectivity index (χ2n) is 4.41. The van der Waals surface area contributed by atoms with Crippen molar-refractivity contribution in [1.29, 1.82) is 0 Å². The van der Waals surface area contributed by atoms with Gasteiger partial charge in [0.15, 0.2) is 0 Å². The Morgan fingerprint density at radius 1 is 1.44 bits per heavy atom. The van der Waals surface area contributed by atoms with Gasteiger partial charge in [-0.1, -0.05) is 6.92 Å². The highest BCUT2D eigenvalue weighted by atomic mass is 16.2. The van der Waals surface area contributed by atoms with Crippen LogP contribution in [0.3, 0.4) is 0 Å². The van der Waals surface area contributed by atoms with Crippen LogP contribution in [0.5, 0.6) is 0 Å². The van der Waals surface area contributed by atoms with Gasteiger partial charge in [-0.05, 0) is 13.3 Å². The quantitative estimate of drug-likeness (QED) is 0.781. The van der Waals surface area contributed by atoms with Gasteiger partial charge in [0.1, 0.15) is 24.2 Å². The lowest BCUT2D eigenvalue weighted by molar-refractivity contribution is -0.149. The molecule has 1 N–H and O–H groups in total. The molecule has 1 aromatic heterocycles. The van der Waals surface area contributed by atoms with Crippen molar-refractivity contribution in [1.82, 2.24) is 25.0 Å². The zero-order chi connectivity index (χ0) is 13.3. The normalized spacial score (nSPS) is 24.3. The minimum Gasteiger partial charge on any atom is -0.343 e. The van der Waals surface area contributed by atoms with Gasteiger partial charge in [0.05, 0.1) is 6.54 Å². The van der Waals surface area contributed by atoms with E-state index >= 15 is 0 Å². The minimum atomic E-state index is -0.475. The van der Waals surface area contributed by atoms with Gasteiger partial charge in [-0.3, -0.25) is 14.3 Å². The van der Waals surface area contributed by atoms with Crippen LogP contribution in [-0.4, -0.2) is 43.6 Å². The van der Waals surface area contributed by atoms with Gasteiger partial charge in [-0.2, -0.15) is 5.10 Å². The number of piperazine rings is 1. The summed E-state index contributed by atoms with van der Waals surface area (Å²) in [6.45, 7) is 3.90. The van der Waals surface area contributed by atoms with Crippen LogP contribution in [0.15, 0.2) is 6.33 Å². The first-order valence-corrected chi connectivity index (χ1v) is 5.98. The van der Waals surface area contributed by atoms with Crippen LogP contribution in [-0.2, 0) is 23.2 Å². The molecule has 0 radical (unpaired) electrons. The summed E-state index contributed by atoms with van der Waals surface area (Å²) in [7, 11) is 1.76. The van der Waals surface area contributed by atoms with E-state index in [1.54, 1.807) is 23.6 Å². The van der Waals surface area contributed by atoms with Gasteiger partial charge in [0, 0.05) is 7.05 Å². The monoisotopic (exact) mass is 251 g/mol. The van der Waals surface area contributed by atoms with E-state index in [0.717, 1.165) is 0 Å². The van der Waals surface area contributed by atoms with Gasteiger partial charge in [0.25, 0.3) is 0 Å². The molecule has 7 heteroatoms. The Bertz CT molecular complexity index is 470. The molecule has 1 aliphatic rings. The Kier molecular flexibility index (Phi) is 3.31. The summed E-state index contributed by atoms with van der Waals surface area (Å²) in [5, 5.41) is 6.67. The third kappa shape index (κ3) is 2.07. The van der Waals surface area contributed by atoms with Gasteiger partial charge in [-0.15, -0.1) is 0 Å². The molecule has 1 fully saturated rings. The fraction of sp³-hybridized carbons (Fsp3) is 0.636. The second-order valence-corrected chi connectivity index (χ2v) is 4.41. The van der Waals surface area contributed by atoms with Gasteiger partial charge in [-0.25, -0.2) is 4.98 Å². The molecule has 2 rings (SSSR count). The molecule has 1 saturated heterocycles. The lowest BCUT2D eigenvalue weighted by atomic mass is 10.1. The summed E-state index contributed by atoms with van der Waals surface area (Å²) >= 11 is 0. The van der Waals surface area contributed by atoms with Crippen LogP contribution < -0.4 is 5.32 Å². The highest BCUT2D eigenvalue weighted by molar-refractivity contribution is 5.96. The number of hydrogen-bond donors (Lipinski definition) is 1. The summed E-state index contributed by atoms with van der Waals surface area (Å²) in [4.78, 5) is 29.6. The van der Waals surface area contributed by atoms with Gasteiger partial charge < -0.3 is 10.2 Å². The van der Waals surface area contributed by atoms with Crippen LogP contribution in [0.25, 0.3) is 0 Å². The average Bonchev–Trinajstić information content (AvgIpc) is 2.75. The minimum absolute atomic E-state index is 0.0624. The van der Waals surface area contributed by atoms with E-state index in [4.69, 9.17) is 0 Å². The second kappa shape index (κ2) is 4.75. The van der Waals surface area contributed by atoms with E-state index in [1.807, 2.05) is 6.92 Å². The Morgan fingerprint density at radius 2 is 2.17 bits per heavy atom. The topological polar surface area (TPSA) is 80.1 Å². The molecular formula is C11H17N5O2. The third-order valence-electron chi connectivity index (χ3n) is 3.27. The molecule has 98 valence electrons. The van der Waals surface area contributed by atoms with E-state index in [2.05, 4.69) is 15.4 Å². The van der Waals surface area contributed by atoms with Crippen LogP contribution in [0, 0.1) is 0 Å². The van der Waals surface area contributed by atoms with Gasteiger partial charge in [0.2, 0.25) is 11.8 Å². The SMILES string of the molecule is CCC1NC(=O)C(C)N(Cc2ncnn2C)C1=O. The molecule has 2 heterocycles. The molecule has 1 aromatic rings. The van der Waals surface area contributed by atoms with Crippen molar-refractivity contribution < 1.29 is 9.59 Å². The molecule has 7 nitrogen and oxygen atoms in total. The standard InChI is InChI=1S/C11H17N5O2/c1-4-8-11(18)16(7(2)10(17)14-8)5-9-12-6-13-15(9)3/h6-8H,4-5H2,1-3H3,(H,14,17). The zero-order valence-corrected chi connectivity index (χ0v) is 10.8. The summed E-state index contributed by atoms with van der Waals surface area (Å²) in [5.74, 6) is 0.482. The van der Waals surface area contributed by atoms with Crippen molar-refractivity contribution in [3.63, 3.8) is 0 Å². The molecule has 2 unspecified atom stereocenters. The van der Waals surface area contributed by atoms with Crippen molar-refractivity contribution in [3.8, 4) is 0 Å². The van der Waals surface area contributed by atoms with Crippen molar-refractivity contribution in [2.24, 2.45) is 7.05 Å². The molecule has 0 aromatic carbocycles. The number of rotatable bonds is 3. The largest absolute Gasteiger partial charge is 0.343 e. The Morgan fingerprint density at radius 3 is 2.72 bits per heavy atom. The maximum Gasteiger partial charge on any atom is 0.246 e. The van der Waals surface area contributed by atoms with E-state index in [0.29, 0.717) is 18.8 Å². The Balaban J connectivity index is 2.21. The first kappa shape index (κ1) is 12.5. The van der Waals surface area contributed by atoms with Crippen molar-refractivity contribution in [3.05, 3.63) is 12.2 Å². The van der Waals surface area contributed by atoms with E-state index in [1.165, 1.54) is 6.33 Å². The molecule has 0 bridgehead atoms. The number of amides is 2. The molecule has 0 aliphatic carbocycles. The molecule has 18 heavy (non-hydrogen) atoms. The highest BCUT2D eigenvalue weighted by Crippen LogP contribution is 2.14. The molecular weight excluding hydrogens is 234 g/mol. The summed E-state index contributed by atoms with van der Waals surface area (Å²) in [5.41, 5.74) is 0. The zero-order valence-electron chi connectivity index (χ0n) is 10.8. The summed E-state index contributed by atoms with van der Waals surface area (Å²) in [6, 6.07) is -0.904. The number of hydrogen-bond acceptors (Lipinski definition) is 4. The predicted molar refractivity (Wildman–Crippen MR) is 63.2 cm³/mol. The van der Waals surface area contributed by atoms with Crippen LogP contribution in [0.4, 0.5) is 0 Å². The van der Waals surface area contributed by atoms with Crippen molar-refractivity contribution in [2.45, 2.75) is 38.9 Å². The third-order valence-corrected chi connectivity index (χ3v) is 3.27. The van der Waals surface area contributed by atoms with Crippen molar-refractivity contribution in [2.75, 3.05) is 0 Å². The van der Waals surface area contributed by atoms with Gasteiger partial charge >= 0.3 is 0 Å². The fourth-order valence-electron chi connectivity index (χ4n) is 1.99. The predicted octanol–water partition coefficient (Wildman–Crippen LogP) is -0.559. The van der Waals surface area contributed by atoms with Crippen LogP contribution in [0.2, 0.25) is 0 Å². The first-order valence-electron chi connectivity index (χ1n) is 5.98. The lowest BCUT2D eigenvalue weighted by Crippen LogP contribution is -2.61. The first-order chi connectivity index (χ1) is 8.54. The number of carbonyl (C=O) groups excluding carboxylic acids is 2. The number of aryl methyl sites for hydroxylation is 1. The molecule has 0 saturated carbocycles. The van der Waals surface area contributed by atoms with Crippen LogP contribution >= 0.6 is 0 Å². The van der Waals surface area contributed by atoms with E-state index in [-0.39, 0.29) is 11.8 Å². The van der Waals surface area contributed by atoms with Crippen LogP contribution in [0.1, 0.15) is 26.1 Å². The molecule has 2 amide bonds. The highest BCUT2D eigenvalue weighted by Gasteiger charge is 2.37. The number of nitrogens with zero attached hydrogens (tertiary/aromatic N) is 4. The molecule has 1 aliphatic heterocycles. The molecule has 2 atom stereocenters. The molecule has 0 spiro atoms. The smallest absolute Gasteiger partial charge is 0.246 e. The Labute approximate surface area is 105 Å². The maximum absolute atomic E-state index is 12.2. The van der Waals surface area contributed by atoms with E-state index < -0.39 is 12.1 Å². The van der Waals surface area contributed by atoms with Crippen molar-refractivity contribution >= 4 is 11.8 Å². The fourth-order valence-corrected chi connectivity index (χ4v) is 1.99. The van der Waals surface area contributed by atoms with E-state index in [9.17, 15) is 9.59 Å². The number of carbonyl (C=O) groups is 2. The maximum atomic E-state index is 12.2. The number of aromatic nitrogens is 3. The lowest BCUT2D eigenvalue weighted by Gasteiger charge is -2.36.